The molecule has 1 heterocycles. The lowest BCUT2D eigenvalue weighted by molar-refractivity contribution is 0.102. The van der Waals surface area contributed by atoms with E-state index in [0.29, 0.717) is 11.6 Å². The highest BCUT2D eigenvalue weighted by Crippen LogP contribution is 2.19. The molecule has 0 fully saturated rings. The maximum Gasteiger partial charge on any atom is 0.191 e. The fraction of sp³-hybridized carbons (Fsp3) is 0.167. The zero-order chi connectivity index (χ0) is 17.8. The van der Waals surface area contributed by atoms with Crippen LogP contribution in [-0.2, 0) is 13.5 Å². The third-order valence-corrected chi connectivity index (χ3v) is 4.72. The summed E-state index contributed by atoms with van der Waals surface area (Å²) < 4.78 is 28.0. The van der Waals surface area contributed by atoms with Crippen LogP contribution < -0.4 is 0 Å². The SMILES string of the molecule is Cn1c(Cc2ccccc2)nnc1SCC(=O)c1ccc(F)c(F)c1. The summed E-state index contributed by atoms with van der Waals surface area (Å²) in [7, 11) is 1.84. The van der Waals surface area contributed by atoms with Crippen molar-refractivity contribution >= 4 is 17.5 Å². The summed E-state index contributed by atoms with van der Waals surface area (Å²) in [6.45, 7) is 0. The number of Topliss-reactive ketones (excluding diaryl/α,β-unsaturated/α-hetero) is 1. The second kappa shape index (κ2) is 7.57. The van der Waals surface area contributed by atoms with Crippen LogP contribution in [0.2, 0.25) is 0 Å². The Morgan fingerprint density at radius 1 is 1.08 bits per heavy atom. The predicted octanol–water partition coefficient (Wildman–Crippen LogP) is 3.66. The minimum atomic E-state index is -1.03. The number of carbonyl (C=O) groups excluding carboxylic acids is 1. The summed E-state index contributed by atoms with van der Waals surface area (Å²) in [4.78, 5) is 12.1. The average Bonchev–Trinajstić information content (AvgIpc) is 2.96. The molecule has 0 aliphatic rings. The molecule has 0 N–H and O–H groups in total. The van der Waals surface area contributed by atoms with E-state index in [-0.39, 0.29) is 17.1 Å². The van der Waals surface area contributed by atoms with Crippen LogP contribution in [-0.4, -0.2) is 26.3 Å². The van der Waals surface area contributed by atoms with Gasteiger partial charge in [-0.15, -0.1) is 10.2 Å². The highest BCUT2D eigenvalue weighted by atomic mass is 32.2. The van der Waals surface area contributed by atoms with E-state index in [9.17, 15) is 13.6 Å². The van der Waals surface area contributed by atoms with Crippen LogP contribution in [0.1, 0.15) is 21.7 Å². The monoisotopic (exact) mass is 359 g/mol. The van der Waals surface area contributed by atoms with Crippen molar-refractivity contribution in [1.82, 2.24) is 14.8 Å². The fourth-order valence-corrected chi connectivity index (χ4v) is 3.11. The molecule has 0 radical (unpaired) electrons. The number of hydrogen-bond donors (Lipinski definition) is 0. The number of thioether (sulfide) groups is 1. The van der Waals surface area contributed by atoms with Crippen LogP contribution in [0.4, 0.5) is 8.78 Å². The summed E-state index contributed by atoms with van der Waals surface area (Å²) >= 11 is 1.22. The van der Waals surface area contributed by atoms with Crippen molar-refractivity contribution < 1.29 is 13.6 Å². The van der Waals surface area contributed by atoms with Crippen molar-refractivity contribution in [1.29, 1.82) is 0 Å². The lowest BCUT2D eigenvalue weighted by Gasteiger charge is -2.04. The zero-order valence-corrected chi connectivity index (χ0v) is 14.3. The van der Waals surface area contributed by atoms with Gasteiger partial charge in [-0.2, -0.15) is 0 Å². The summed E-state index contributed by atoms with van der Waals surface area (Å²) in [5, 5.41) is 8.86. The van der Waals surface area contributed by atoms with E-state index in [0.717, 1.165) is 23.5 Å². The van der Waals surface area contributed by atoms with Gasteiger partial charge >= 0.3 is 0 Å². The van der Waals surface area contributed by atoms with Gasteiger partial charge in [0, 0.05) is 19.0 Å². The van der Waals surface area contributed by atoms with Crippen molar-refractivity contribution in [2.75, 3.05) is 5.75 Å². The molecule has 7 heteroatoms. The van der Waals surface area contributed by atoms with E-state index < -0.39 is 11.6 Å². The van der Waals surface area contributed by atoms with Gasteiger partial charge in [-0.25, -0.2) is 8.78 Å². The maximum atomic E-state index is 13.2. The molecule has 3 rings (SSSR count). The van der Waals surface area contributed by atoms with E-state index in [4.69, 9.17) is 0 Å². The van der Waals surface area contributed by atoms with Crippen molar-refractivity contribution in [3.05, 3.63) is 77.1 Å². The molecule has 4 nitrogen and oxygen atoms in total. The van der Waals surface area contributed by atoms with E-state index >= 15 is 0 Å². The molecular formula is C18H15F2N3OS. The lowest BCUT2D eigenvalue weighted by atomic mass is 10.1. The standard InChI is InChI=1S/C18H15F2N3OS/c1-23-17(9-12-5-3-2-4-6-12)21-22-18(23)25-11-16(24)13-7-8-14(19)15(20)10-13/h2-8,10H,9,11H2,1H3. The zero-order valence-electron chi connectivity index (χ0n) is 13.4. The number of halogens is 2. The second-order valence-electron chi connectivity index (χ2n) is 5.46. The number of aromatic nitrogens is 3. The molecule has 0 bridgehead atoms. The Labute approximate surface area is 147 Å². The van der Waals surface area contributed by atoms with Crippen molar-refractivity contribution in [2.45, 2.75) is 11.6 Å². The topological polar surface area (TPSA) is 47.8 Å². The molecule has 0 aliphatic carbocycles. The molecule has 2 aromatic carbocycles. The van der Waals surface area contributed by atoms with Crippen LogP contribution in [0.15, 0.2) is 53.7 Å². The first kappa shape index (κ1) is 17.3. The van der Waals surface area contributed by atoms with Gasteiger partial charge < -0.3 is 4.57 Å². The van der Waals surface area contributed by atoms with Crippen molar-refractivity contribution in [2.24, 2.45) is 7.05 Å². The minimum Gasteiger partial charge on any atom is -0.309 e. The molecule has 0 amide bonds. The summed E-state index contributed by atoms with van der Waals surface area (Å²) in [6, 6.07) is 13.0. The first-order valence-electron chi connectivity index (χ1n) is 7.58. The molecular weight excluding hydrogens is 344 g/mol. The van der Waals surface area contributed by atoms with Gasteiger partial charge in [0.2, 0.25) is 0 Å². The van der Waals surface area contributed by atoms with E-state index in [1.165, 1.54) is 17.8 Å². The Kier molecular flexibility index (Phi) is 5.23. The smallest absolute Gasteiger partial charge is 0.191 e. The molecule has 0 spiro atoms. The van der Waals surface area contributed by atoms with Crippen LogP contribution in [0.3, 0.4) is 0 Å². The fourth-order valence-electron chi connectivity index (χ4n) is 2.29. The first-order valence-corrected chi connectivity index (χ1v) is 8.56. The summed E-state index contributed by atoms with van der Waals surface area (Å²) in [6.07, 6.45) is 0.641. The first-order chi connectivity index (χ1) is 12.0. The molecule has 0 saturated heterocycles. The Morgan fingerprint density at radius 3 is 2.56 bits per heavy atom. The van der Waals surface area contributed by atoms with Gasteiger partial charge in [-0.3, -0.25) is 4.79 Å². The third-order valence-electron chi connectivity index (χ3n) is 3.70. The quantitative estimate of drug-likeness (QED) is 0.498. The second-order valence-corrected chi connectivity index (χ2v) is 6.40. The minimum absolute atomic E-state index is 0.0718. The number of hydrogen-bond acceptors (Lipinski definition) is 4. The highest BCUT2D eigenvalue weighted by molar-refractivity contribution is 7.99. The predicted molar refractivity (Wildman–Crippen MR) is 91.7 cm³/mol. The number of nitrogens with zero attached hydrogens (tertiary/aromatic N) is 3. The molecule has 3 aromatic rings. The van der Waals surface area contributed by atoms with Crippen LogP contribution in [0, 0.1) is 11.6 Å². The van der Waals surface area contributed by atoms with Crippen molar-refractivity contribution in [3.63, 3.8) is 0 Å². The van der Waals surface area contributed by atoms with Gasteiger partial charge in [0.1, 0.15) is 5.82 Å². The van der Waals surface area contributed by atoms with Gasteiger partial charge in [-0.1, -0.05) is 42.1 Å². The van der Waals surface area contributed by atoms with Gasteiger partial charge in [-0.05, 0) is 23.8 Å². The molecule has 0 saturated carbocycles. The maximum absolute atomic E-state index is 13.2. The van der Waals surface area contributed by atoms with E-state index in [1.807, 2.05) is 41.9 Å². The van der Waals surface area contributed by atoms with E-state index in [1.54, 1.807) is 0 Å². The van der Waals surface area contributed by atoms with Crippen LogP contribution >= 0.6 is 11.8 Å². The molecule has 0 atom stereocenters. The van der Waals surface area contributed by atoms with Gasteiger partial charge in [0.15, 0.2) is 22.6 Å². The van der Waals surface area contributed by atoms with Crippen LogP contribution in [0.5, 0.6) is 0 Å². The summed E-state index contributed by atoms with van der Waals surface area (Å²) in [5.74, 6) is -1.43. The molecule has 25 heavy (non-hydrogen) atoms. The average molecular weight is 359 g/mol. The molecule has 0 aliphatic heterocycles. The number of benzene rings is 2. The normalized spacial score (nSPS) is 10.8. The lowest BCUT2D eigenvalue weighted by Crippen LogP contribution is -2.05. The Balaban J connectivity index is 1.65. The molecule has 0 unspecified atom stereocenters. The Bertz CT molecular complexity index is 897. The van der Waals surface area contributed by atoms with Crippen LogP contribution in [0.25, 0.3) is 0 Å². The van der Waals surface area contributed by atoms with E-state index in [2.05, 4.69) is 10.2 Å². The Hall–Kier alpha value is -2.54. The highest BCUT2D eigenvalue weighted by Gasteiger charge is 2.14. The Morgan fingerprint density at radius 2 is 1.84 bits per heavy atom. The largest absolute Gasteiger partial charge is 0.309 e. The molecule has 128 valence electrons. The van der Waals surface area contributed by atoms with Gasteiger partial charge in [0.05, 0.1) is 5.75 Å². The summed E-state index contributed by atoms with van der Waals surface area (Å²) in [5.41, 5.74) is 1.26. The number of rotatable bonds is 6. The van der Waals surface area contributed by atoms with Crippen molar-refractivity contribution in [3.8, 4) is 0 Å². The number of ketones is 1. The third kappa shape index (κ3) is 4.11. The number of carbonyl (C=O) groups is 1. The van der Waals surface area contributed by atoms with Gasteiger partial charge in [0.25, 0.3) is 0 Å². The molecule has 1 aromatic heterocycles.